The Morgan fingerprint density at radius 3 is 2.51 bits per heavy atom. The molecule has 0 aliphatic rings. The smallest absolute Gasteiger partial charge is 0.262 e. The Kier molecular flexibility index (Phi) is 7.09. The molecule has 180 valence electrons. The Labute approximate surface area is 201 Å². The van der Waals surface area contributed by atoms with Crippen molar-refractivity contribution in [2.75, 3.05) is 0 Å². The van der Waals surface area contributed by atoms with Gasteiger partial charge in [-0.15, -0.1) is 0 Å². The number of hydrogen-bond acceptors (Lipinski definition) is 6. The fourth-order valence-corrected chi connectivity index (χ4v) is 4.30. The van der Waals surface area contributed by atoms with Crippen LogP contribution in [-0.4, -0.2) is 29.8 Å². The van der Waals surface area contributed by atoms with Gasteiger partial charge in [-0.1, -0.05) is 24.3 Å². The molecule has 0 radical (unpaired) electrons. The second-order valence-electron chi connectivity index (χ2n) is 7.60. The molecule has 0 atom stereocenters. The molecule has 0 saturated heterocycles. The predicted octanol–water partition coefficient (Wildman–Crippen LogP) is 2.05. The van der Waals surface area contributed by atoms with Crippen molar-refractivity contribution in [3.63, 3.8) is 0 Å². The summed E-state index contributed by atoms with van der Waals surface area (Å²) in [5.74, 6) is 0.115. The van der Waals surface area contributed by atoms with Crippen molar-refractivity contribution in [3.05, 3.63) is 90.2 Å². The van der Waals surface area contributed by atoms with Crippen LogP contribution in [0.4, 0.5) is 0 Å². The van der Waals surface area contributed by atoms with Gasteiger partial charge in [0.2, 0.25) is 15.9 Å². The molecule has 0 unspecified atom stereocenters. The number of rotatable bonds is 8. The number of nitrogens with one attached hydrogen (secondary N) is 3. The van der Waals surface area contributed by atoms with Crippen molar-refractivity contribution in [2.24, 2.45) is 7.05 Å². The zero-order chi connectivity index (χ0) is 24.8. The summed E-state index contributed by atoms with van der Waals surface area (Å²) in [4.78, 5) is 28.8. The molecule has 2 amide bonds. The number of furan rings is 1. The number of nitrogens with zero attached hydrogens (tertiary/aromatic N) is 2. The van der Waals surface area contributed by atoms with Crippen molar-refractivity contribution in [3.8, 4) is 0 Å². The van der Waals surface area contributed by atoms with E-state index < -0.39 is 21.8 Å². The Hall–Kier alpha value is -4.22. The van der Waals surface area contributed by atoms with Gasteiger partial charge in [-0.25, -0.2) is 18.1 Å². The van der Waals surface area contributed by atoms with E-state index in [0.29, 0.717) is 17.1 Å². The number of benzene rings is 2. The summed E-state index contributed by atoms with van der Waals surface area (Å²) < 4.78 is 34.1. The molecule has 0 aliphatic heterocycles. The largest absolute Gasteiger partial charge is 0.468 e. The van der Waals surface area contributed by atoms with E-state index in [1.54, 1.807) is 24.3 Å². The number of hydrogen-bond donors (Lipinski definition) is 3. The molecule has 0 spiro atoms. The molecule has 10 nitrogen and oxygen atoms in total. The average Bonchev–Trinajstić information content (AvgIpc) is 3.49. The van der Waals surface area contributed by atoms with Gasteiger partial charge < -0.3 is 8.98 Å². The average molecular weight is 494 g/mol. The molecule has 2 aromatic heterocycles. The Morgan fingerprint density at radius 2 is 1.80 bits per heavy atom. The van der Waals surface area contributed by atoms with Gasteiger partial charge in [0.25, 0.3) is 5.91 Å². The third-order valence-corrected chi connectivity index (χ3v) is 6.57. The molecule has 0 fully saturated rings. The first-order valence-electron chi connectivity index (χ1n) is 10.6. The number of fused-ring (bicyclic) bond motifs is 1. The van der Waals surface area contributed by atoms with E-state index in [-0.39, 0.29) is 17.9 Å². The minimum Gasteiger partial charge on any atom is -0.468 e. The topological polar surface area (TPSA) is 135 Å². The van der Waals surface area contributed by atoms with Gasteiger partial charge in [0.05, 0.1) is 35.2 Å². The summed E-state index contributed by atoms with van der Waals surface area (Å²) in [6.07, 6.45) is 4.20. The van der Waals surface area contributed by atoms with Gasteiger partial charge in [0.15, 0.2) is 0 Å². The number of hydrazine groups is 1. The maximum absolute atomic E-state index is 12.4. The molecule has 2 heterocycles. The molecule has 35 heavy (non-hydrogen) atoms. The molecular formula is C24H23N5O5S. The van der Waals surface area contributed by atoms with Crippen LogP contribution in [0.3, 0.4) is 0 Å². The molecule has 3 N–H and O–H groups in total. The van der Waals surface area contributed by atoms with Crippen molar-refractivity contribution in [1.29, 1.82) is 0 Å². The number of sulfonamides is 1. The monoisotopic (exact) mass is 493 g/mol. The number of amides is 2. The normalized spacial score (nSPS) is 11.7. The number of carbonyl (C=O) groups excluding carboxylic acids is 2. The van der Waals surface area contributed by atoms with Crippen molar-refractivity contribution in [2.45, 2.75) is 17.9 Å². The Morgan fingerprint density at radius 1 is 1.03 bits per heavy atom. The van der Waals surface area contributed by atoms with E-state index in [4.69, 9.17) is 4.42 Å². The van der Waals surface area contributed by atoms with E-state index >= 15 is 0 Å². The fraction of sp³-hybridized carbons (Fsp3) is 0.125. The number of aromatic nitrogens is 2. The SMILES string of the molecule is Cn1c(CC(=O)NNC(=O)C=Cc2ccc(S(=O)(=O)NCc3ccco3)cc2)nc2ccccc21. The van der Waals surface area contributed by atoms with Crippen LogP contribution >= 0.6 is 0 Å². The van der Waals surface area contributed by atoms with E-state index in [9.17, 15) is 18.0 Å². The molecule has 0 aliphatic carbocycles. The summed E-state index contributed by atoms with van der Waals surface area (Å²) in [5, 5.41) is 0. The second kappa shape index (κ2) is 10.4. The molecule has 0 bridgehead atoms. The number of carbonyl (C=O) groups is 2. The highest BCUT2D eigenvalue weighted by molar-refractivity contribution is 7.89. The minimum atomic E-state index is -3.71. The van der Waals surface area contributed by atoms with Crippen molar-refractivity contribution in [1.82, 2.24) is 25.1 Å². The van der Waals surface area contributed by atoms with Crippen molar-refractivity contribution >= 4 is 38.9 Å². The lowest BCUT2D eigenvalue weighted by Crippen LogP contribution is -2.41. The lowest BCUT2D eigenvalue weighted by atomic mass is 10.2. The van der Waals surface area contributed by atoms with E-state index in [1.165, 1.54) is 30.5 Å². The van der Waals surface area contributed by atoms with Crippen LogP contribution in [0.1, 0.15) is 17.1 Å². The first kappa shape index (κ1) is 23.9. The predicted molar refractivity (Wildman–Crippen MR) is 129 cm³/mol. The molecular weight excluding hydrogens is 470 g/mol. The third-order valence-electron chi connectivity index (χ3n) is 5.16. The zero-order valence-electron chi connectivity index (χ0n) is 18.8. The van der Waals surface area contributed by atoms with Crippen LogP contribution in [0.15, 0.2) is 82.3 Å². The van der Waals surface area contributed by atoms with Crippen LogP contribution in [0.2, 0.25) is 0 Å². The standard InChI is InChI=1S/C24H23N5O5S/c1-29-21-7-3-2-6-20(21)26-22(29)15-24(31)28-27-23(30)13-10-17-8-11-19(12-9-17)35(32,33)25-16-18-5-4-14-34-18/h2-14,25H,15-16H2,1H3,(H,27,30)(H,28,31). The Bertz CT molecular complexity index is 1470. The highest BCUT2D eigenvalue weighted by Crippen LogP contribution is 2.15. The zero-order valence-corrected chi connectivity index (χ0v) is 19.6. The first-order chi connectivity index (χ1) is 16.8. The van der Waals surface area contributed by atoms with Crippen LogP contribution in [0, 0.1) is 0 Å². The number of aryl methyl sites for hydroxylation is 1. The molecule has 4 aromatic rings. The maximum Gasteiger partial charge on any atom is 0.262 e. The first-order valence-corrected chi connectivity index (χ1v) is 12.1. The van der Waals surface area contributed by atoms with Gasteiger partial charge in [0.1, 0.15) is 11.6 Å². The summed E-state index contributed by atoms with van der Waals surface area (Å²) in [7, 11) is -1.88. The fourth-order valence-electron chi connectivity index (χ4n) is 3.31. The summed E-state index contributed by atoms with van der Waals surface area (Å²) in [6, 6.07) is 16.9. The van der Waals surface area contributed by atoms with Gasteiger partial charge in [-0.3, -0.25) is 20.4 Å². The maximum atomic E-state index is 12.4. The van der Waals surface area contributed by atoms with Crippen LogP contribution in [0.25, 0.3) is 17.1 Å². The highest BCUT2D eigenvalue weighted by atomic mass is 32.2. The molecule has 4 rings (SSSR count). The number of imidazole rings is 1. The Balaban J connectivity index is 1.27. The molecule has 2 aromatic carbocycles. The van der Waals surface area contributed by atoms with Crippen LogP contribution < -0.4 is 15.6 Å². The molecule has 0 saturated carbocycles. The van der Waals surface area contributed by atoms with Gasteiger partial charge in [-0.2, -0.15) is 0 Å². The van der Waals surface area contributed by atoms with Gasteiger partial charge in [-0.05, 0) is 48.0 Å². The summed E-state index contributed by atoms with van der Waals surface area (Å²) in [6.45, 7) is 0.0411. The van der Waals surface area contributed by atoms with Crippen molar-refractivity contribution < 1.29 is 22.4 Å². The second-order valence-corrected chi connectivity index (χ2v) is 9.36. The molecule has 11 heteroatoms. The van der Waals surface area contributed by atoms with Crippen LogP contribution in [-0.2, 0) is 39.6 Å². The minimum absolute atomic E-state index is 0.000925. The van der Waals surface area contributed by atoms with Crippen LogP contribution in [0.5, 0.6) is 0 Å². The van der Waals surface area contributed by atoms with Gasteiger partial charge in [0, 0.05) is 13.1 Å². The summed E-state index contributed by atoms with van der Waals surface area (Å²) >= 11 is 0. The highest BCUT2D eigenvalue weighted by Gasteiger charge is 2.14. The third kappa shape index (κ3) is 6.02. The van der Waals surface area contributed by atoms with E-state index in [2.05, 4.69) is 20.6 Å². The van der Waals surface area contributed by atoms with Gasteiger partial charge >= 0.3 is 0 Å². The van der Waals surface area contributed by atoms with E-state index in [0.717, 1.165) is 11.0 Å². The quantitative estimate of drug-likeness (QED) is 0.254. The number of para-hydroxylation sites is 2. The van der Waals surface area contributed by atoms with E-state index in [1.807, 2.05) is 35.9 Å². The lowest BCUT2D eigenvalue weighted by Gasteiger charge is -2.06. The lowest BCUT2D eigenvalue weighted by molar-refractivity contribution is -0.126. The summed E-state index contributed by atoms with van der Waals surface area (Å²) in [5.41, 5.74) is 6.98.